The Bertz CT molecular complexity index is 667. The summed E-state index contributed by atoms with van der Waals surface area (Å²) >= 11 is 0. The van der Waals surface area contributed by atoms with Crippen molar-refractivity contribution in [2.45, 2.75) is 25.8 Å². The number of carbonyl (C=O) groups is 1. The molecule has 0 aromatic heterocycles. The molecule has 3 rings (SSSR count). The molecule has 4 heteroatoms. The fourth-order valence-corrected chi connectivity index (χ4v) is 2.70. The summed E-state index contributed by atoms with van der Waals surface area (Å²) in [6.07, 6.45) is 1.76. The normalized spacial score (nSPS) is 16.1. The van der Waals surface area contributed by atoms with E-state index in [1.807, 2.05) is 48.5 Å². The molecule has 0 fully saturated rings. The van der Waals surface area contributed by atoms with Crippen molar-refractivity contribution >= 4 is 5.91 Å². The SMILES string of the molecule is CCc1ccc(OCC(=O)NC2CCOc3ccccc32)cc1. The molecule has 4 nitrogen and oxygen atoms in total. The summed E-state index contributed by atoms with van der Waals surface area (Å²) in [5, 5.41) is 3.02. The van der Waals surface area contributed by atoms with Gasteiger partial charge in [0.2, 0.25) is 0 Å². The highest BCUT2D eigenvalue weighted by atomic mass is 16.5. The number of rotatable bonds is 5. The molecule has 0 radical (unpaired) electrons. The van der Waals surface area contributed by atoms with Crippen molar-refractivity contribution in [2.24, 2.45) is 0 Å². The Balaban J connectivity index is 1.55. The lowest BCUT2D eigenvalue weighted by molar-refractivity contribution is -0.124. The minimum atomic E-state index is -0.119. The van der Waals surface area contributed by atoms with Crippen LogP contribution in [0.15, 0.2) is 48.5 Å². The van der Waals surface area contributed by atoms with Gasteiger partial charge < -0.3 is 14.8 Å². The molecule has 1 aliphatic heterocycles. The third-order valence-corrected chi connectivity index (χ3v) is 4.00. The van der Waals surface area contributed by atoms with Gasteiger partial charge in [-0.05, 0) is 30.2 Å². The quantitative estimate of drug-likeness (QED) is 0.922. The average Bonchev–Trinajstić information content (AvgIpc) is 2.61. The number of hydrogen-bond acceptors (Lipinski definition) is 3. The van der Waals surface area contributed by atoms with Crippen molar-refractivity contribution in [3.05, 3.63) is 59.7 Å². The molecule has 0 spiro atoms. The minimum absolute atomic E-state index is 0.0153. The first-order valence-corrected chi connectivity index (χ1v) is 7.99. The first kappa shape index (κ1) is 15.4. The molecular formula is C19H21NO3. The van der Waals surface area contributed by atoms with Crippen molar-refractivity contribution in [3.63, 3.8) is 0 Å². The largest absolute Gasteiger partial charge is 0.493 e. The maximum absolute atomic E-state index is 12.1. The summed E-state index contributed by atoms with van der Waals surface area (Å²) in [6, 6.07) is 15.6. The highest BCUT2D eigenvalue weighted by Crippen LogP contribution is 2.31. The number of amides is 1. The van der Waals surface area contributed by atoms with Crippen LogP contribution in [-0.2, 0) is 11.2 Å². The second-order valence-corrected chi connectivity index (χ2v) is 5.58. The van der Waals surface area contributed by atoms with Crippen LogP contribution in [0.2, 0.25) is 0 Å². The second-order valence-electron chi connectivity index (χ2n) is 5.58. The van der Waals surface area contributed by atoms with E-state index >= 15 is 0 Å². The van der Waals surface area contributed by atoms with Crippen LogP contribution < -0.4 is 14.8 Å². The van der Waals surface area contributed by atoms with Gasteiger partial charge in [0.25, 0.3) is 5.91 Å². The number of nitrogens with one attached hydrogen (secondary N) is 1. The van der Waals surface area contributed by atoms with Crippen molar-refractivity contribution in [3.8, 4) is 11.5 Å². The summed E-state index contributed by atoms with van der Waals surface area (Å²) in [4.78, 5) is 12.1. The Labute approximate surface area is 136 Å². The van der Waals surface area contributed by atoms with E-state index in [2.05, 4.69) is 12.2 Å². The summed E-state index contributed by atoms with van der Waals surface area (Å²) in [6.45, 7) is 2.74. The molecule has 1 N–H and O–H groups in total. The lowest BCUT2D eigenvalue weighted by Gasteiger charge is -2.26. The van der Waals surface area contributed by atoms with Crippen LogP contribution >= 0.6 is 0 Å². The second kappa shape index (κ2) is 7.18. The van der Waals surface area contributed by atoms with Crippen molar-refractivity contribution in [1.82, 2.24) is 5.32 Å². The molecule has 23 heavy (non-hydrogen) atoms. The van der Waals surface area contributed by atoms with Gasteiger partial charge >= 0.3 is 0 Å². The molecule has 1 aliphatic rings. The summed E-state index contributed by atoms with van der Waals surface area (Å²) in [5.74, 6) is 1.44. The van der Waals surface area contributed by atoms with Gasteiger partial charge in [-0.1, -0.05) is 37.3 Å². The van der Waals surface area contributed by atoms with Gasteiger partial charge in [-0.15, -0.1) is 0 Å². The molecule has 1 unspecified atom stereocenters. The Hall–Kier alpha value is -2.49. The Morgan fingerprint density at radius 3 is 2.78 bits per heavy atom. The topological polar surface area (TPSA) is 47.6 Å². The Morgan fingerprint density at radius 1 is 1.22 bits per heavy atom. The van der Waals surface area contributed by atoms with Crippen molar-refractivity contribution in [1.29, 1.82) is 0 Å². The van der Waals surface area contributed by atoms with Crippen molar-refractivity contribution < 1.29 is 14.3 Å². The van der Waals surface area contributed by atoms with Crippen LogP contribution in [0.4, 0.5) is 0 Å². The first-order valence-electron chi connectivity index (χ1n) is 7.99. The van der Waals surface area contributed by atoms with Gasteiger partial charge in [0.1, 0.15) is 11.5 Å². The predicted octanol–water partition coefficient (Wildman–Crippen LogP) is 3.27. The molecule has 0 saturated carbocycles. The Morgan fingerprint density at radius 2 is 2.00 bits per heavy atom. The molecule has 0 saturated heterocycles. The van der Waals surface area contributed by atoms with Crippen LogP contribution in [0.1, 0.15) is 30.5 Å². The molecular weight excluding hydrogens is 290 g/mol. The van der Waals surface area contributed by atoms with E-state index in [0.717, 1.165) is 24.2 Å². The van der Waals surface area contributed by atoms with Crippen LogP contribution in [-0.4, -0.2) is 19.1 Å². The molecule has 1 amide bonds. The smallest absolute Gasteiger partial charge is 0.258 e. The third-order valence-electron chi connectivity index (χ3n) is 4.00. The van der Waals surface area contributed by atoms with E-state index in [1.54, 1.807) is 0 Å². The molecule has 1 atom stereocenters. The molecule has 120 valence electrons. The zero-order valence-electron chi connectivity index (χ0n) is 13.2. The standard InChI is InChI=1S/C19H21NO3/c1-2-14-7-9-15(10-8-14)23-13-19(21)20-17-11-12-22-18-6-4-3-5-16(17)18/h3-10,17H,2,11-13H2,1H3,(H,20,21). The van der Waals surface area contributed by atoms with E-state index in [0.29, 0.717) is 12.4 Å². The highest BCUT2D eigenvalue weighted by molar-refractivity contribution is 5.78. The lowest BCUT2D eigenvalue weighted by atomic mass is 10.0. The van der Waals surface area contributed by atoms with Gasteiger partial charge in [-0.3, -0.25) is 4.79 Å². The van der Waals surface area contributed by atoms with Gasteiger partial charge in [0.05, 0.1) is 12.6 Å². The monoisotopic (exact) mass is 311 g/mol. The fraction of sp³-hybridized carbons (Fsp3) is 0.316. The molecule has 2 aromatic rings. The number of para-hydroxylation sites is 1. The minimum Gasteiger partial charge on any atom is -0.493 e. The zero-order valence-corrected chi connectivity index (χ0v) is 13.2. The lowest BCUT2D eigenvalue weighted by Crippen LogP contribution is -2.35. The Kier molecular flexibility index (Phi) is 4.81. The number of carbonyl (C=O) groups excluding carboxylic acids is 1. The van der Waals surface area contributed by atoms with Crippen molar-refractivity contribution in [2.75, 3.05) is 13.2 Å². The first-order chi connectivity index (χ1) is 11.3. The van der Waals surface area contributed by atoms with E-state index in [4.69, 9.17) is 9.47 Å². The van der Waals surface area contributed by atoms with Gasteiger partial charge in [-0.25, -0.2) is 0 Å². The fourth-order valence-electron chi connectivity index (χ4n) is 2.70. The summed E-state index contributed by atoms with van der Waals surface area (Å²) in [7, 11) is 0. The van der Waals surface area contributed by atoms with E-state index < -0.39 is 0 Å². The van der Waals surface area contributed by atoms with E-state index in [-0.39, 0.29) is 18.6 Å². The maximum atomic E-state index is 12.1. The number of ether oxygens (including phenoxy) is 2. The maximum Gasteiger partial charge on any atom is 0.258 e. The number of fused-ring (bicyclic) bond motifs is 1. The molecule has 1 heterocycles. The number of benzene rings is 2. The number of hydrogen-bond donors (Lipinski definition) is 1. The predicted molar refractivity (Wildman–Crippen MR) is 88.8 cm³/mol. The average molecular weight is 311 g/mol. The van der Waals surface area contributed by atoms with Gasteiger partial charge in [-0.2, -0.15) is 0 Å². The zero-order chi connectivity index (χ0) is 16.1. The summed E-state index contributed by atoms with van der Waals surface area (Å²) in [5.41, 5.74) is 2.28. The van der Waals surface area contributed by atoms with Crippen LogP contribution in [0.3, 0.4) is 0 Å². The van der Waals surface area contributed by atoms with Crippen LogP contribution in [0, 0.1) is 0 Å². The van der Waals surface area contributed by atoms with Crippen LogP contribution in [0.5, 0.6) is 11.5 Å². The highest BCUT2D eigenvalue weighted by Gasteiger charge is 2.22. The summed E-state index contributed by atoms with van der Waals surface area (Å²) < 4.78 is 11.2. The number of aryl methyl sites for hydroxylation is 1. The van der Waals surface area contributed by atoms with E-state index in [9.17, 15) is 4.79 Å². The van der Waals surface area contributed by atoms with Gasteiger partial charge in [0.15, 0.2) is 6.61 Å². The molecule has 2 aromatic carbocycles. The van der Waals surface area contributed by atoms with Crippen LogP contribution in [0.25, 0.3) is 0 Å². The molecule has 0 aliphatic carbocycles. The third kappa shape index (κ3) is 3.83. The molecule has 0 bridgehead atoms. The van der Waals surface area contributed by atoms with Gasteiger partial charge in [0, 0.05) is 12.0 Å². The van der Waals surface area contributed by atoms with E-state index in [1.165, 1.54) is 5.56 Å².